The van der Waals surface area contributed by atoms with E-state index in [1.54, 1.807) is 25.0 Å². The molecule has 2 aromatic rings. The molecule has 2 amide bonds. The van der Waals surface area contributed by atoms with Crippen LogP contribution in [0.15, 0.2) is 48.5 Å². The van der Waals surface area contributed by atoms with Gasteiger partial charge in [-0.15, -0.1) is 0 Å². The van der Waals surface area contributed by atoms with Gasteiger partial charge in [-0.1, -0.05) is 30.3 Å². The molecule has 1 atom stereocenters. The highest BCUT2D eigenvalue weighted by atomic mass is 16.5. The molecule has 0 aliphatic carbocycles. The molecule has 124 valence electrons. The van der Waals surface area contributed by atoms with Crippen LogP contribution in [0, 0.1) is 0 Å². The average molecular weight is 324 g/mol. The highest BCUT2D eigenvalue weighted by Crippen LogP contribution is 2.30. The van der Waals surface area contributed by atoms with Crippen LogP contribution in [0.4, 0.5) is 0 Å². The fraction of sp³-hybridized carbons (Fsp3) is 0.263. The van der Waals surface area contributed by atoms with Gasteiger partial charge in [0.2, 0.25) is 5.91 Å². The second kappa shape index (κ2) is 6.74. The summed E-state index contributed by atoms with van der Waals surface area (Å²) in [6, 6.07) is 14.7. The van der Waals surface area contributed by atoms with Gasteiger partial charge in [0.25, 0.3) is 5.91 Å². The lowest BCUT2D eigenvalue weighted by Crippen LogP contribution is -2.55. The number of carbonyl (C=O) groups excluding carboxylic acids is 2. The van der Waals surface area contributed by atoms with Crippen molar-refractivity contribution in [2.75, 3.05) is 20.2 Å². The van der Waals surface area contributed by atoms with Crippen LogP contribution in [0.5, 0.6) is 5.75 Å². The Balaban J connectivity index is 1.93. The van der Waals surface area contributed by atoms with E-state index in [2.05, 4.69) is 5.32 Å². The van der Waals surface area contributed by atoms with Crippen LogP contribution in [0.1, 0.15) is 17.3 Å². The molecule has 1 aliphatic rings. The van der Waals surface area contributed by atoms with E-state index in [4.69, 9.17) is 4.74 Å². The van der Waals surface area contributed by atoms with Gasteiger partial charge in [-0.2, -0.15) is 0 Å². The molecule has 1 N–H and O–H groups in total. The molecule has 5 nitrogen and oxygen atoms in total. The van der Waals surface area contributed by atoms with Crippen molar-refractivity contribution >= 4 is 11.8 Å². The molecular weight excluding hydrogens is 304 g/mol. The molecule has 2 aromatic carbocycles. The summed E-state index contributed by atoms with van der Waals surface area (Å²) in [7, 11) is 1.63. The number of hydrogen-bond donors (Lipinski definition) is 1. The maximum atomic E-state index is 12.8. The maximum absolute atomic E-state index is 12.8. The summed E-state index contributed by atoms with van der Waals surface area (Å²) in [6.45, 7) is 2.75. The van der Waals surface area contributed by atoms with E-state index in [1.165, 1.54) is 0 Å². The molecule has 24 heavy (non-hydrogen) atoms. The molecule has 0 saturated carbocycles. The van der Waals surface area contributed by atoms with Crippen molar-refractivity contribution in [2.24, 2.45) is 0 Å². The molecule has 0 spiro atoms. The minimum Gasteiger partial charge on any atom is -0.496 e. The lowest BCUT2D eigenvalue weighted by molar-refractivity contribution is -0.127. The Morgan fingerprint density at radius 2 is 2.00 bits per heavy atom. The van der Waals surface area contributed by atoms with Gasteiger partial charge in [0.05, 0.1) is 7.11 Å². The van der Waals surface area contributed by atoms with Gasteiger partial charge in [0.15, 0.2) is 0 Å². The number of hydrogen-bond acceptors (Lipinski definition) is 3. The molecule has 1 unspecified atom stereocenters. The Morgan fingerprint density at radius 1 is 1.21 bits per heavy atom. The van der Waals surface area contributed by atoms with Crippen LogP contribution in [0.3, 0.4) is 0 Å². The monoisotopic (exact) mass is 324 g/mol. The molecule has 0 aromatic heterocycles. The van der Waals surface area contributed by atoms with Crippen LogP contribution in [0.2, 0.25) is 0 Å². The third kappa shape index (κ3) is 2.97. The smallest absolute Gasteiger partial charge is 0.254 e. The van der Waals surface area contributed by atoms with Crippen LogP contribution in [-0.4, -0.2) is 43.0 Å². The standard InChI is InChI=1S/C19H20N2O3/c1-13-18(22)20-10-11-21(13)19(23)15-7-5-6-14(12-15)16-8-3-4-9-17(16)24-2/h3-9,12-13H,10-11H2,1-2H3,(H,20,22). The number of benzene rings is 2. The predicted molar refractivity (Wildman–Crippen MR) is 91.9 cm³/mol. The minimum absolute atomic E-state index is 0.115. The Hall–Kier alpha value is -2.82. The van der Waals surface area contributed by atoms with E-state index < -0.39 is 6.04 Å². The van der Waals surface area contributed by atoms with Crippen LogP contribution >= 0.6 is 0 Å². The molecule has 5 heteroatoms. The first-order chi connectivity index (χ1) is 11.6. The Labute approximate surface area is 141 Å². The zero-order valence-corrected chi connectivity index (χ0v) is 13.8. The number of nitrogens with zero attached hydrogens (tertiary/aromatic N) is 1. The number of piperazine rings is 1. The summed E-state index contributed by atoms with van der Waals surface area (Å²) in [5.74, 6) is 0.511. The van der Waals surface area contributed by atoms with Gasteiger partial charge in [-0.25, -0.2) is 0 Å². The fourth-order valence-electron chi connectivity index (χ4n) is 2.93. The number of rotatable bonds is 3. The van der Waals surface area contributed by atoms with Gasteiger partial charge in [-0.3, -0.25) is 9.59 Å². The summed E-state index contributed by atoms with van der Waals surface area (Å²) in [5, 5.41) is 2.77. The van der Waals surface area contributed by atoms with Crippen molar-refractivity contribution in [2.45, 2.75) is 13.0 Å². The lowest BCUT2D eigenvalue weighted by Gasteiger charge is -2.33. The van der Waals surface area contributed by atoms with Crippen molar-refractivity contribution in [1.29, 1.82) is 0 Å². The van der Waals surface area contributed by atoms with E-state index in [1.807, 2.05) is 42.5 Å². The molecular formula is C19H20N2O3. The third-order valence-electron chi connectivity index (χ3n) is 4.29. The summed E-state index contributed by atoms with van der Waals surface area (Å²) >= 11 is 0. The lowest BCUT2D eigenvalue weighted by atomic mass is 10.0. The topological polar surface area (TPSA) is 58.6 Å². The zero-order valence-electron chi connectivity index (χ0n) is 13.8. The number of ether oxygens (including phenoxy) is 1. The first-order valence-corrected chi connectivity index (χ1v) is 7.94. The molecule has 1 aliphatic heterocycles. The Kier molecular flexibility index (Phi) is 4.51. The molecule has 3 rings (SSSR count). The second-order valence-corrected chi connectivity index (χ2v) is 5.75. The summed E-state index contributed by atoms with van der Waals surface area (Å²) in [4.78, 5) is 26.2. The first kappa shape index (κ1) is 16.1. The second-order valence-electron chi connectivity index (χ2n) is 5.75. The third-order valence-corrected chi connectivity index (χ3v) is 4.29. The molecule has 0 bridgehead atoms. The van der Waals surface area contributed by atoms with Gasteiger partial charge in [0.1, 0.15) is 11.8 Å². The van der Waals surface area contributed by atoms with Crippen molar-refractivity contribution in [3.8, 4) is 16.9 Å². The molecule has 1 saturated heterocycles. The van der Waals surface area contributed by atoms with E-state index in [0.29, 0.717) is 18.7 Å². The Bertz CT molecular complexity index is 773. The van der Waals surface area contributed by atoms with E-state index in [0.717, 1.165) is 16.9 Å². The van der Waals surface area contributed by atoms with Crippen LogP contribution in [-0.2, 0) is 4.79 Å². The van der Waals surface area contributed by atoms with Gasteiger partial charge >= 0.3 is 0 Å². The van der Waals surface area contributed by atoms with Crippen molar-refractivity contribution in [3.05, 3.63) is 54.1 Å². The molecule has 1 fully saturated rings. The van der Waals surface area contributed by atoms with Gasteiger partial charge in [-0.05, 0) is 30.7 Å². The van der Waals surface area contributed by atoms with Crippen LogP contribution < -0.4 is 10.1 Å². The van der Waals surface area contributed by atoms with Crippen molar-refractivity contribution in [1.82, 2.24) is 10.2 Å². The van der Waals surface area contributed by atoms with Crippen molar-refractivity contribution in [3.63, 3.8) is 0 Å². The van der Waals surface area contributed by atoms with Crippen LogP contribution in [0.25, 0.3) is 11.1 Å². The summed E-state index contributed by atoms with van der Waals surface area (Å²) in [6.07, 6.45) is 0. The number of para-hydroxylation sites is 1. The first-order valence-electron chi connectivity index (χ1n) is 7.94. The molecule has 1 heterocycles. The van der Waals surface area contributed by atoms with E-state index >= 15 is 0 Å². The summed E-state index contributed by atoms with van der Waals surface area (Å²) < 4.78 is 5.40. The highest BCUT2D eigenvalue weighted by Gasteiger charge is 2.29. The zero-order chi connectivity index (χ0) is 17.1. The number of methoxy groups -OCH3 is 1. The van der Waals surface area contributed by atoms with E-state index in [9.17, 15) is 9.59 Å². The number of amides is 2. The van der Waals surface area contributed by atoms with Gasteiger partial charge < -0.3 is 15.0 Å². The average Bonchev–Trinajstić information content (AvgIpc) is 2.63. The normalized spacial score (nSPS) is 17.3. The Morgan fingerprint density at radius 3 is 2.79 bits per heavy atom. The minimum atomic E-state index is -0.457. The number of carbonyl (C=O) groups is 2. The predicted octanol–water partition coefficient (Wildman–Crippen LogP) is 2.32. The maximum Gasteiger partial charge on any atom is 0.254 e. The quantitative estimate of drug-likeness (QED) is 0.943. The van der Waals surface area contributed by atoms with Gasteiger partial charge in [0, 0.05) is 24.2 Å². The number of nitrogens with one attached hydrogen (secondary N) is 1. The summed E-state index contributed by atoms with van der Waals surface area (Å²) in [5.41, 5.74) is 2.41. The van der Waals surface area contributed by atoms with Crippen molar-refractivity contribution < 1.29 is 14.3 Å². The SMILES string of the molecule is COc1ccccc1-c1cccc(C(=O)N2CCNC(=O)C2C)c1. The van der Waals surface area contributed by atoms with E-state index in [-0.39, 0.29) is 11.8 Å². The largest absolute Gasteiger partial charge is 0.496 e. The fourth-order valence-corrected chi connectivity index (χ4v) is 2.93. The molecule has 0 radical (unpaired) electrons. The highest BCUT2D eigenvalue weighted by molar-refractivity contribution is 5.99.